The number of benzene rings is 2. The normalized spacial score (nSPS) is 18.4. The molecule has 1 saturated heterocycles. The van der Waals surface area contributed by atoms with Gasteiger partial charge in [0.1, 0.15) is 12.4 Å². The van der Waals surface area contributed by atoms with E-state index in [-0.39, 0.29) is 12.5 Å². The molecule has 32 heavy (non-hydrogen) atoms. The fourth-order valence-electron chi connectivity index (χ4n) is 3.84. The molecule has 1 aromatic heterocycles. The van der Waals surface area contributed by atoms with Crippen molar-refractivity contribution in [3.05, 3.63) is 54.4 Å². The van der Waals surface area contributed by atoms with Crippen molar-refractivity contribution in [3.63, 3.8) is 0 Å². The molecular formula is C23H24N4O5. The van der Waals surface area contributed by atoms with Crippen molar-refractivity contribution in [2.45, 2.75) is 12.6 Å². The smallest absolute Gasteiger partial charge is 0.267 e. The Bertz CT molecular complexity index is 1080. The second-order valence-corrected chi connectivity index (χ2v) is 7.71. The molecule has 0 N–H and O–H groups in total. The Balaban J connectivity index is 1.14. The monoisotopic (exact) mass is 436 g/mol. The number of para-hydroxylation sites is 2. The molecule has 9 heteroatoms. The number of methoxy groups -OCH3 is 1. The van der Waals surface area contributed by atoms with Crippen molar-refractivity contribution in [2.75, 3.05) is 39.9 Å². The molecular weight excluding hydrogens is 412 g/mol. The number of carbonyl (C=O) groups is 1. The van der Waals surface area contributed by atoms with Crippen LogP contribution >= 0.6 is 0 Å². The highest BCUT2D eigenvalue weighted by Crippen LogP contribution is 2.31. The first-order valence-electron chi connectivity index (χ1n) is 10.6. The lowest BCUT2D eigenvalue weighted by molar-refractivity contribution is -0.143. The van der Waals surface area contributed by atoms with Crippen molar-refractivity contribution >= 4 is 5.91 Å². The number of aromatic nitrogens is 2. The highest BCUT2D eigenvalue weighted by atomic mass is 16.6. The number of nitrogens with zero attached hydrogens (tertiary/aromatic N) is 4. The summed E-state index contributed by atoms with van der Waals surface area (Å²) >= 11 is 0. The van der Waals surface area contributed by atoms with Gasteiger partial charge in [0.2, 0.25) is 17.8 Å². The maximum atomic E-state index is 12.9. The Labute approximate surface area is 185 Å². The lowest BCUT2D eigenvalue weighted by Gasteiger charge is -2.36. The number of amides is 1. The van der Waals surface area contributed by atoms with Crippen molar-refractivity contribution in [1.82, 2.24) is 19.9 Å². The molecule has 0 radical (unpaired) electrons. The maximum absolute atomic E-state index is 12.9. The highest BCUT2D eigenvalue weighted by Gasteiger charge is 2.32. The molecule has 1 amide bonds. The molecule has 3 heterocycles. The Morgan fingerprint density at radius 1 is 1.06 bits per heavy atom. The number of carbonyl (C=O) groups excluding carboxylic acids is 1. The first-order chi connectivity index (χ1) is 15.7. The van der Waals surface area contributed by atoms with Gasteiger partial charge in [-0.2, -0.15) is 4.98 Å². The number of piperazine rings is 1. The average molecular weight is 436 g/mol. The van der Waals surface area contributed by atoms with Crippen LogP contribution in [0.2, 0.25) is 0 Å². The average Bonchev–Trinajstić information content (AvgIpc) is 3.32. The van der Waals surface area contributed by atoms with Crippen LogP contribution < -0.4 is 14.2 Å². The first kappa shape index (κ1) is 20.3. The van der Waals surface area contributed by atoms with Crippen LogP contribution in [-0.4, -0.2) is 71.8 Å². The quantitative estimate of drug-likeness (QED) is 0.602. The van der Waals surface area contributed by atoms with Gasteiger partial charge in [0.15, 0.2) is 11.5 Å². The topological polar surface area (TPSA) is 90.2 Å². The Hall–Kier alpha value is -3.59. The standard InChI is InChI=1S/C23H24N4O5/c1-29-17-8-6-16(7-9-17)22-24-21(32-25-22)14-26-10-12-27(13-11-26)23(28)20-15-30-18-4-2-3-5-19(18)31-20/h2-9,20H,10-15H2,1H3/t20-/m0/s1. The predicted octanol–water partition coefficient (Wildman–Crippen LogP) is 2.23. The minimum Gasteiger partial charge on any atom is -0.497 e. The van der Waals surface area contributed by atoms with Crippen molar-refractivity contribution in [1.29, 1.82) is 0 Å². The zero-order valence-electron chi connectivity index (χ0n) is 17.8. The molecule has 2 aromatic carbocycles. The van der Waals surface area contributed by atoms with Gasteiger partial charge in [0.25, 0.3) is 5.91 Å². The third-order valence-electron chi connectivity index (χ3n) is 5.64. The van der Waals surface area contributed by atoms with Crippen LogP contribution in [0.5, 0.6) is 17.2 Å². The van der Waals surface area contributed by atoms with Gasteiger partial charge in [-0.1, -0.05) is 17.3 Å². The van der Waals surface area contributed by atoms with Crippen molar-refractivity contribution < 1.29 is 23.5 Å². The van der Waals surface area contributed by atoms with E-state index in [2.05, 4.69) is 15.0 Å². The summed E-state index contributed by atoms with van der Waals surface area (Å²) in [6.45, 7) is 3.43. The third-order valence-corrected chi connectivity index (χ3v) is 5.64. The molecule has 1 atom stereocenters. The number of ether oxygens (including phenoxy) is 3. The van der Waals surface area contributed by atoms with Gasteiger partial charge in [0.05, 0.1) is 13.7 Å². The molecule has 2 aliphatic heterocycles. The molecule has 2 aliphatic rings. The van der Waals surface area contributed by atoms with Gasteiger partial charge >= 0.3 is 0 Å². The van der Waals surface area contributed by atoms with E-state index in [1.54, 1.807) is 7.11 Å². The summed E-state index contributed by atoms with van der Waals surface area (Å²) in [4.78, 5) is 21.4. The lowest BCUT2D eigenvalue weighted by Crippen LogP contribution is -2.53. The lowest BCUT2D eigenvalue weighted by atomic mass is 10.2. The Morgan fingerprint density at radius 3 is 2.56 bits per heavy atom. The van der Waals surface area contributed by atoms with Crippen LogP contribution in [0, 0.1) is 0 Å². The molecule has 3 aromatic rings. The summed E-state index contributed by atoms with van der Waals surface area (Å²) in [7, 11) is 1.63. The minimum atomic E-state index is -0.612. The summed E-state index contributed by atoms with van der Waals surface area (Å²) < 4.78 is 22.1. The molecule has 5 rings (SSSR count). The van der Waals surface area contributed by atoms with E-state index in [1.807, 2.05) is 53.4 Å². The molecule has 0 spiro atoms. The molecule has 166 valence electrons. The molecule has 0 bridgehead atoms. The van der Waals surface area contributed by atoms with Gasteiger partial charge < -0.3 is 23.6 Å². The summed E-state index contributed by atoms with van der Waals surface area (Å²) in [5.74, 6) is 3.12. The molecule has 0 aliphatic carbocycles. The number of rotatable bonds is 5. The zero-order valence-corrected chi connectivity index (χ0v) is 17.8. The number of hydrogen-bond acceptors (Lipinski definition) is 8. The fourth-order valence-corrected chi connectivity index (χ4v) is 3.84. The Morgan fingerprint density at radius 2 is 1.81 bits per heavy atom. The summed E-state index contributed by atoms with van der Waals surface area (Å²) in [6, 6.07) is 14.9. The molecule has 1 fully saturated rings. The molecule has 0 saturated carbocycles. The van der Waals surface area contributed by atoms with E-state index in [0.717, 1.165) is 24.4 Å². The van der Waals surface area contributed by atoms with E-state index in [9.17, 15) is 4.79 Å². The van der Waals surface area contributed by atoms with Gasteiger partial charge in [-0.3, -0.25) is 9.69 Å². The largest absolute Gasteiger partial charge is 0.497 e. The number of fused-ring (bicyclic) bond motifs is 1. The number of hydrogen-bond donors (Lipinski definition) is 0. The SMILES string of the molecule is COc1ccc(-c2noc(CN3CCN(C(=O)[C@@H]4COc5ccccc5O4)CC3)n2)cc1. The van der Waals surface area contributed by atoms with Crippen molar-refractivity contribution in [3.8, 4) is 28.6 Å². The minimum absolute atomic E-state index is 0.0428. The van der Waals surface area contributed by atoms with Gasteiger partial charge in [-0.15, -0.1) is 0 Å². The predicted molar refractivity (Wildman–Crippen MR) is 114 cm³/mol. The van der Waals surface area contributed by atoms with Crippen molar-refractivity contribution in [2.24, 2.45) is 0 Å². The van der Waals surface area contributed by atoms with Gasteiger partial charge in [-0.05, 0) is 36.4 Å². The van der Waals surface area contributed by atoms with Crippen LogP contribution in [-0.2, 0) is 11.3 Å². The van der Waals surface area contributed by atoms with Crippen LogP contribution in [0.4, 0.5) is 0 Å². The third kappa shape index (κ3) is 4.24. The second-order valence-electron chi connectivity index (χ2n) is 7.71. The van der Waals surface area contributed by atoms with E-state index < -0.39 is 6.10 Å². The zero-order chi connectivity index (χ0) is 21.9. The maximum Gasteiger partial charge on any atom is 0.267 e. The summed E-state index contributed by atoms with van der Waals surface area (Å²) in [5, 5.41) is 4.08. The van der Waals surface area contributed by atoms with E-state index in [1.165, 1.54) is 0 Å². The molecule has 0 unspecified atom stereocenters. The van der Waals surface area contributed by atoms with E-state index in [4.69, 9.17) is 18.7 Å². The van der Waals surface area contributed by atoms with Gasteiger partial charge in [0, 0.05) is 31.7 Å². The molecule has 9 nitrogen and oxygen atoms in total. The van der Waals surface area contributed by atoms with Crippen LogP contribution in [0.3, 0.4) is 0 Å². The van der Waals surface area contributed by atoms with Crippen LogP contribution in [0.25, 0.3) is 11.4 Å². The summed E-state index contributed by atoms with van der Waals surface area (Å²) in [6.07, 6.45) is -0.612. The summed E-state index contributed by atoms with van der Waals surface area (Å²) in [5.41, 5.74) is 0.868. The highest BCUT2D eigenvalue weighted by molar-refractivity contribution is 5.82. The second kappa shape index (κ2) is 8.88. The van der Waals surface area contributed by atoms with Gasteiger partial charge in [-0.25, -0.2) is 0 Å². The van der Waals surface area contributed by atoms with Crippen LogP contribution in [0.15, 0.2) is 53.1 Å². The van der Waals surface area contributed by atoms with Crippen LogP contribution in [0.1, 0.15) is 5.89 Å². The fraction of sp³-hybridized carbons (Fsp3) is 0.348. The first-order valence-corrected chi connectivity index (χ1v) is 10.6. The Kier molecular flexibility index (Phi) is 5.64. The van der Waals surface area contributed by atoms with E-state index in [0.29, 0.717) is 42.8 Å². The van der Waals surface area contributed by atoms with E-state index >= 15 is 0 Å².